The van der Waals surface area contributed by atoms with Crippen molar-refractivity contribution in [2.24, 2.45) is 5.73 Å². The molecular formula is C15H18N4O2S. The lowest BCUT2D eigenvalue weighted by atomic mass is 10.1. The fraction of sp³-hybridized carbons (Fsp3) is 0.267. The van der Waals surface area contributed by atoms with Crippen LogP contribution in [0.2, 0.25) is 0 Å². The number of thioether (sulfide) groups is 1. The van der Waals surface area contributed by atoms with E-state index in [2.05, 4.69) is 10.3 Å². The SMILES string of the molecule is Cc1cccc(-n2ccnc2SC(C)C(=O)NC(N)=O)c1C. The molecule has 0 aliphatic heterocycles. The summed E-state index contributed by atoms with van der Waals surface area (Å²) in [5, 5.41) is 2.27. The van der Waals surface area contributed by atoms with Gasteiger partial charge in [-0.1, -0.05) is 23.9 Å². The molecule has 0 aliphatic rings. The average molecular weight is 318 g/mol. The Bertz CT molecular complexity index is 711. The van der Waals surface area contributed by atoms with Gasteiger partial charge in [0.05, 0.1) is 10.9 Å². The summed E-state index contributed by atoms with van der Waals surface area (Å²) >= 11 is 1.27. The number of nitrogens with zero attached hydrogens (tertiary/aromatic N) is 2. The van der Waals surface area contributed by atoms with Gasteiger partial charge in [0.15, 0.2) is 5.16 Å². The third-order valence-electron chi connectivity index (χ3n) is 3.34. The molecule has 2 aromatic rings. The normalized spacial score (nSPS) is 12.0. The molecule has 1 heterocycles. The number of nitrogens with one attached hydrogen (secondary N) is 1. The number of aryl methyl sites for hydroxylation is 1. The number of rotatable bonds is 4. The highest BCUT2D eigenvalue weighted by Crippen LogP contribution is 2.26. The Labute approximate surface area is 133 Å². The maximum Gasteiger partial charge on any atom is 0.318 e. The van der Waals surface area contributed by atoms with Gasteiger partial charge >= 0.3 is 6.03 Å². The highest BCUT2D eigenvalue weighted by molar-refractivity contribution is 8.00. The summed E-state index contributed by atoms with van der Waals surface area (Å²) in [6, 6.07) is 5.18. The molecule has 6 nitrogen and oxygen atoms in total. The zero-order chi connectivity index (χ0) is 16.3. The van der Waals surface area contributed by atoms with Crippen molar-refractivity contribution in [2.75, 3.05) is 0 Å². The molecule has 1 aromatic heterocycles. The Hall–Kier alpha value is -2.28. The predicted octanol–water partition coefficient (Wildman–Crippen LogP) is 2.16. The Morgan fingerprint density at radius 2 is 2.09 bits per heavy atom. The molecule has 116 valence electrons. The number of carbonyl (C=O) groups excluding carboxylic acids is 2. The van der Waals surface area contributed by atoms with E-state index in [9.17, 15) is 9.59 Å². The molecule has 0 spiro atoms. The fourth-order valence-electron chi connectivity index (χ4n) is 1.99. The molecule has 0 aliphatic carbocycles. The lowest BCUT2D eigenvalue weighted by Gasteiger charge is -2.14. The summed E-state index contributed by atoms with van der Waals surface area (Å²) < 4.78 is 1.93. The van der Waals surface area contributed by atoms with Crippen LogP contribution in [0.5, 0.6) is 0 Å². The van der Waals surface area contributed by atoms with Gasteiger partial charge in [0, 0.05) is 12.4 Å². The van der Waals surface area contributed by atoms with E-state index in [1.165, 1.54) is 17.3 Å². The molecule has 1 unspecified atom stereocenters. The average Bonchev–Trinajstić information content (AvgIpc) is 2.89. The Morgan fingerprint density at radius 3 is 2.77 bits per heavy atom. The number of primary amides is 1. The Kier molecular flexibility index (Phi) is 4.87. The number of nitrogens with two attached hydrogens (primary N) is 1. The first-order valence-corrected chi connectivity index (χ1v) is 7.65. The van der Waals surface area contributed by atoms with Crippen LogP contribution in [-0.4, -0.2) is 26.7 Å². The maximum atomic E-state index is 11.8. The number of benzene rings is 1. The lowest BCUT2D eigenvalue weighted by Crippen LogP contribution is -2.39. The van der Waals surface area contributed by atoms with Crippen LogP contribution in [0.1, 0.15) is 18.1 Å². The van der Waals surface area contributed by atoms with Gasteiger partial charge in [-0.15, -0.1) is 0 Å². The summed E-state index contributed by atoms with van der Waals surface area (Å²) in [4.78, 5) is 26.8. The van der Waals surface area contributed by atoms with Crippen LogP contribution in [0.3, 0.4) is 0 Å². The van der Waals surface area contributed by atoms with Crippen LogP contribution in [0.4, 0.5) is 4.79 Å². The second kappa shape index (κ2) is 6.65. The number of urea groups is 1. The minimum atomic E-state index is -0.852. The molecule has 0 saturated carbocycles. The van der Waals surface area contributed by atoms with Crippen LogP contribution in [-0.2, 0) is 4.79 Å². The van der Waals surface area contributed by atoms with E-state index in [-0.39, 0.29) is 0 Å². The van der Waals surface area contributed by atoms with Crippen molar-refractivity contribution in [3.05, 3.63) is 41.7 Å². The lowest BCUT2D eigenvalue weighted by molar-refractivity contribution is -0.119. The molecule has 7 heteroatoms. The van der Waals surface area contributed by atoms with Crippen molar-refractivity contribution in [1.82, 2.24) is 14.9 Å². The van der Waals surface area contributed by atoms with E-state index >= 15 is 0 Å². The number of aromatic nitrogens is 2. The molecule has 0 radical (unpaired) electrons. The molecule has 1 atom stereocenters. The van der Waals surface area contributed by atoms with Gasteiger partial charge in [-0.3, -0.25) is 14.7 Å². The number of hydrogen-bond acceptors (Lipinski definition) is 4. The quantitative estimate of drug-likeness (QED) is 0.845. The minimum absolute atomic E-state index is 0.437. The second-order valence-corrected chi connectivity index (χ2v) is 6.22. The van der Waals surface area contributed by atoms with E-state index in [0.29, 0.717) is 5.16 Å². The van der Waals surface area contributed by atoms with Crippen LogP contribution < -0.4 is 11.1 Å². The van der Waals surface area contributed by atoms with Gasteiger partial charge in [-0.05, 0) is 38.0 Å². The summed E-state index contributed by atoms with van der Waals surface area (Å²) in [7, 11) is 0. The second-order valence-electron chi connectivity index (χ2n) is 4.91. The van der Waals surface area contributed by atoms with Crippen molar-refractivity contribution < 1.29 is 9.59 Å². The van der Waals surface area contributed by atoms with E-state index in [1.54, 1.807) is 13.1 Å². The van der Waals surface area contributed by atoms with Crippen molar-refractivity contribution in [2.45, 2.75) is 31.2 Å². The molecule has 0 fully saturated rings. The predicted molar refractivity (Wildman–Crippen MR) is 86.1 cm³/mol. The van der Waals surface area contributed by atoms with Crippen molar-refractivity contribution >= 4 is 23.7 Å². The zero-order valence-corrected chi connectivity index (χ0v) is 13.5. The minimum Gasteiger partial charge on any atom is -0.351 e. The summed E-state index contributed by atoms with van der Waals surface area (Å²) in [5.74, 6) is -0.437. The molecule has 0 saturated heterocycles. The number of imidazole rings is 1. The molecular weight excluding hydrogens is 300 g/mol. The Morgan fingerprint density at radius 1 is 1.36 bits per heavy atom. The fourth-order valence-corrected chi connectivity index (χ4v) is 2.87. The number of hydrogen-bond donors (Lipinski definition) is 2. The van der Waals surface area contributed by atoms with Crippen molar-refractivity contribution in [3.8, 4) is 5.69 Å². The molecule has 2 rings (SSSR count). The van der Waals surface area contributed by atoms with Crippen LogP contribution in [0.25, 0.3) is 5.69 Å². The first kappa shape index (κ1) is 16.1. The van der Waals surface area contributed by atoms with Crippen molar-refractivity contribution in [3.63, 3.8) is 0 Å². The molecule has 3 amide bonds. The smallest absolute Gasteiger partial charge is 0.318 e. The highest BCUT2D eigenvalue weighted by atomic mass is 32.2. The highest BCUT2D eigenvalue weighted by Gasteiger charge is 2.19. The van der Waals surface area contributed by atoms with E-state index in [0.717, 1.165) is 11.3 Å². The van der Waals surface area contributed by atoms with Gasteiger partial charge in [0.1, 0.15) is 0 Å². The monoisotopic (exact) mass is 318 g/mol. The third kappa shape index (κ3) is 3.48. The van der Waals surface area contributed by atoms with Crippen LogP contribution >= 0.6 is 11.8 Å². The van der Waals surface area contributed by atoms with Crippen LogP contribution in [0.15, 0.2) is 35.7 Å². The van der Waals surface area contributed by atoms with Gasteiger partial charge in [-0.2, -0.15) is 0 Å². The van der Waals surface area contributed by atoms with Gasteiger partial charge < -0.3 is 5.73 Å². The molecule has 0 bridgehead atoms. The van der Waals surface area contributed by atoms with Gasteiger partial charge in [0.2, 0.25) is 5.91 Å². The maximum absolute atomic E-state index is 11.8. The number of amides is 3. The first-order chi connectivity index (χ1) is 10.4. The summed E-state index contributed by atoms with van der Waals surface area (Å²) in [6.45, 7) is 5.79. The third-order valence-corrected chi connectivity index (χ3v) is 4.42. The zero-order valence-electron chi connectivity index (χ0n) is 12.7. The molecule has 3 N–H and O–H groups in total. The van der Waals surface area contributed by atoms with Gasteiger partial charge in [-0.25, -0.2) is 9.78 Å². The first-order valence-electron chi connectivity index (χ1n) is 6.77. The Balaban J connectivity index is 2.25. The molecule has 1 aromatic carbocycles. The van der Waals surface area contributed by atoms with Gasteiger partial charge in [0.25, 0.3) is 0 Å². The van der Waals surface area contributed by atoms with Crippen molar-refractivity contribution in [1.29, 1.82) is 0 Å². The largest absolute Gasteiger partial charge is 0.351 e. The number of carbonyl (C=O) groups is 2. The standard InChI is InChI=1S/C15H18N4O2S/c1-9-5-4-6-12(10(9)2)19-8-7-17-15(19)22-11(3)13(20)18-14(16)21/h4-8,11H,1-3H3,(H3,16,18,20,21). The van der Waals surface area contributed by atoms with E-state index < -0.39 is 17.2 Å². The molecule has 22 heavy (non-hydrogen) atoms. The summed E-state index contributed by atoms with van der Waals surface area (Å²) in [5.41, 5.74) is 8.31. The van der Waals surface area contributed by atoms with E-state index in [1.807, 2.05) is 42.8 Å². The van der Waals surface area contributed by atoms with Crippen LogP contribution in [0, 0.1) is 13.8 Å². The topological polar surface area (TPSA) is 90.0 Å². The summed E-state index contributed by atoms with van der Waals surface area (Å²) in [6.07, 6.45) is 3.53. The van der Waals surface area contributed by atoms with E-state index in [4.69, 9.17) is 5.73 Å². The number of imide groups is 1.